The van der Waals surface area contributed by atoms with Crippen molar-refractivity contribution in [2.24, 2.45) is 0 Å². The van der Waals surface area contributed by atoms with Crippen molar-refractivity contribution in [3.63, 3.8) is 0 Å². The Morgan fingerprint density at radius 3 is 2.86 bits per heavy atom. The fourth-order valence-corrected chi connectivity index (χ4v) is 1.59. The molecule has 1 aromatic rings. The molecule has 5 heteroatoms. The van der Waals surface area contributed by atoms with Gasteiger partial charge in [0.05, 0.1) is 16.6 Å². The third-order valence-electron chi connectivity index (χ3n) is 1.56. The van der Waals surface area contributed by atoms with Crippen LogP contribution in [-0.4, -0.2) is 12.6 Å². The molecule has 0 fully saturated rings. The van der Waals surface area contributed by atoms with E-state index in [1.165, 1.54) is 6.07 Å². The molecule has 0 saturated heterocycles. The number of carbonyl (C=O) groups is 1. The molecule has 1 rings (SSSR count). The first-order valence-corrected chi connectivity index (χ1v) is 5.15. The summed E-state index contributed by atoms with van der Waals surface area (Å²) in [6, 6.07) is 3.08. The van der Waals surface area contributed by atoms with Crippen LogP contribution in [0.4, 0.5) is 5.69 Å². The van der Waals surface area contributed by atoms with Crippen LogP contribution in [0.15, 0.2) is 16.6 Å². The summed E-state index contributed by atoms with van der Waals surface area (Å²) in [5.41, 5.74) is 6.38. The van der Waals surface area contributed by atoms with Gasteiger partial charge in [-0.25, -0.2) is 4.79 Å². The maximum absolute atomic E-state index is 11.4. The van der Waals surface area contributed by atoms with Crippen molar-refractivity contribution in [1.29, 1.82) is 0 Å². The van der Waals surface area contributed by atoms with Gasteiger partial charge in [0.25, 0.3) is 0 Å². The maximum atomic E-state index is 11.4. The van der Waals surface area contributed by atoms with Crippen molar-refractivity contribution in [3.05, 3.63) is 27.2 Å². The van der Waals surface area contributed by atoms with Gasteiger partial charge in [0.1, 0.15) is 0 Å². The molecule has 76 valence electrons. The zero-order chi connectivity index (χ0) is 10.7. The molecular formula is C9H9BrClNO2. The lowest BCUT2D eigenvalue weighted by molar-refractivity contribution is 0.0525. The van der Waals surface area contributed by atoms with E-state index in [-0.39, 0.29) is 0 Å². The average Bonchev–Trinajstić information content (AvgIpc) is 2.11. The summed E-state index contributed by atoms with van der Waals surface area (Å²) in [5.74, 6) is -0.437. The highest BCUT2D eigenvalue weighted by atomic mass is 79.9. The number of anilines is 1. The van der Waals surface area contributed by atoms with Crippen molar-refractivity contribution < 1.29 is 9.53 Å². The van der Waals surface area contributed by atoms with Crippen molar-refractivity contribution in [2.45, 2.75) is 6.92 Å². The number of carbonyl (C=O) groups excluding carboxylic acids is 1. The Morgan fingerprint density at radius 1 is 1.64 bits per heavy atom. The highest BCUT2D eigenvalue weighted by Crippen LogP contribution is 2.28. The molecule has 0 heterocycles. The predicted octanol–water partition coefficient (Wildman–Crippen LogP) is 2.86. The van der Waals surface area contributed by atoms with Crippen LogP contribution in [0.25, 0.3) is 0 Å². The summed E-state index contributed by atoms with van der Waals surface area (Å²) in [6.07, 6.45) is 0. The minimum Gasteiger partial charge on any atom is -0.462 e. The molecule has 0 radical (unpaired) electrons. The van der Waals surface area contributed by atoms with Gasteiger partial charge >= 0.3 is 5.97 Å². The summed E-state index contributed by atoms with van der Waals surface area (Å²) in [4.78, 5) is 11.4. The Hall–Kier alpha value is -0.740. The van der Waals surface area contributed by atoms with E-state index < -0.39 is 5.97 Å². The number of ether oxygens (including phenoxy) is 1. The molecule has 0 aliphatic carbocycles. The third kappa shape index (κ3) is 2.39. The second-order valence-corrected chi connectivity index (χ2v) is 3.81. The Labute approximate surface area is 95.3 Å². The quantitative estimate of drug-likeness (QED) is 0.668. The smallest absolute Gasteiger partial charge is 0.339 e. The topological polar surface area (TPSA) is 52.3 Å². The van der Waals surface area contributed by atoms with Crippen LogP contribution in [0.1, 0.15) is 17.3 Å². The summed E-state index contributed by atoms with van der Waals surface area (Å²) < 4.78 is 5.35. The highest BCUT2D eigenvalue weighted by molar-refractivity contribution is 9.10. The van der Waals surface area contributed by atoms with Crippen LogP contribution in [0, 0.1) is 0 Å². The molecule has 0 amide bonds. The van der Waals surface area contributed by atoms with Crippen LogP contribution >= 0.6 is 27.5 Å². The van der Waals surface area contributed by atoms with E-state index in [0.29, 0.717) is 27.4 Å². The van der Waals surface area contributed by atoms with Crippen molar-refractivity contribution in [3.8, 4) is 0 Å². The van der Waals surface area contributed by atoms with E-state index in [9.17, 15) is 4.79 Å². The number of nitrogens with two attached hydrogens (primary N) is 1. The molecular weight excluding hydrogens is 269 g/mol. The van der Waals surface area contributed by atoms with Crippen molar-refractivity contribution >= 4 is 39.2 Å². The van der Waals surface area contributed by atoms with E-state index >= 15 is 0 Å². The van der Waals surface area contributed by atoms with Gasteiger partial charge < -0.3 is 10.5 Å². The number of rotatable bonds is 2. The normalized spacial score (nSPS) is 9.93. The second-order valence-electron chi connectivity index (χ2n) is 2.58. The predicted molar refractivity (Wildman–Crippen MR) is 59.5 cm³/mol. The fourth-order valence-electron chi connectivity index (χ4n) is 0.968. The van der Waals surface area contributed by atoms with Gasteiger partial charge in [0, 0.05) is 10.7 Å². The van der Waals surface area contributed by atoms with E-state index in [4.69, 9.17) is 22.1 Å². The standard InChI is InChI=1S/C9H9BrClNO2/c1-2-14-9(13)6-3-5(11)4-7(12)8(6)10/h3-4H,2,12H2,1H3. The molecule has 0 spiro atoms. The number of halogens is 2. The van der Waals surface area contributed by atoms with E-state index in [1.54, 1.807) is 13.0 Å². The van der Waals surface area contributed by atoms with Crippen molar-refractivity contribution in [1.82, 2.24) is 0 Å². The molecule has 1 aromatic carbocycles. The Kier molecular flexibility index (Phi) is 3.77. The molecule has 0 saturated carbocycles. The number of hydrogen-bond acceptors (Lipinski definition) is 3. The number of esters is 1. The van der Waals surface area contributed by atoms with Crippen LogP contribution in [0.5, 0.6) is 0 Å². The first-order chi connectivity index (χ1) is 6.56. The maximum Gasteiger partial charge on any atom is 0.339 e. The molecule has 3 nitrogen and oxygen atoms in total. The minimum absolute atomic E-state index is 0.317. The zero-order valence-corrected chi connectivity index (χ0v) is 9.85. The summed E-state index contributed by atoms with van der Waals surface area (Å²) in [7, 11) is 0. The lowest BCUT2D eigenvalue weighted by Crippen LogP contribution is -2.06. The highest BCUT2D eigenvalue weighted by Gasteiger charge is 2.14. The molecule has 0 atom stereocenters. The van der Waals surface area contributed by atoms with Gasteiger partial charge in [0.15, 0.2) is 0 Å². The molecule has 14 heavy (non-hydrogen) atoms. The minimum atomic E-state index is -0.437. The van der Waals surface area contributed by atoms with E-state index in [2.05, 4.69) is 15.9 Å². The summed E-state index contributed by atoms with van der Waals surface area (Å²) in [5, 5.41) is 0.411. The zero-order valence-electron chi connectivity index (χ0n) is 7.51. The summed E-state index contributed by atoms with van der Waals surface area (Å²) >= 11 is 8.96. The second kappa shape index (κ2) is 4.66. The first-order valence-electron chi connectivity index (χ1n) is 3.98. The molecule has 0 aliphatic rings. The average molecular weight is 279 g/mol. The van der Waals surface area contributed by atoms with Crippen LogP contribution in [-0.2, 0) is 4.74 Å². The molecule has 0 aliphatic heterocycles. The fraction of sp³-hybridized carbons (Fsp3) is 0.222. The molecule has 0 bridgehead atoms. The first kappa shape index (κ1) is 11.3. The molecule has 0 unspecified atom stereocenters. The number of hydrogen-bond donors (Lipinski definition) is 1. The number of benzene rings is 1. The largest absolute Gasteiger partial charge is 0.462 e. The van der Waals surface area contributed by atoms with E-state index in [1.807, 2.05) is 0 Å². The van der Waals surface area contributed by atoms with Gasteiger partial charge in [-0.05, 0) is 35.0 Å². The van der Waals surface area contributed by atoms with Crippen LogP contribution in [0.3, 0.4) is 0 Å². The van der Waals surface area contributed by atoms with Gasteiger partial charge in [-0.15, -0.1) is 0 Å². The van der Waals surface area contributed by atoms with Crippen LogP contribution < -0.4 is 5.73 Å². The van der Waals surface area contributed by atoms with Crippen LogP contribution in [0.2, 0.25) is 5.02 Å². The number of nitrogen functional groups attached to an aromatic ring is 1. The van der Waals surface area contributed by atoms with Gasteiger partial charge in [-0.3, -0.25) is 0 Å². The van der Waals surface area contributed by atoms with Gasteiger partial charge in [0.2, 0.25) is 0 Å². The third-order valence-corrected chi connectivity index (χ3v) is 2.66. The van der Waals surface area contributed by atoms with Gasteiger partial charge in [-0.1, -0.05) is 11.6 Å². The SMILES string of the molecule is CCOC(=O)c1cc(Cl)cc(N)c1Br. The van der Waals surface area contributed by atoms with Crippen molar-refractivity contribution in [2.75, 3.05) is 12.3 Å². The Morgan fingerprint density at radius 2 is 2.29 bits per heavy atom. The lowest BCUT2D eigenvalue weighted by atomic mass is 10.2. The summed E-state index contributed by atoms with van der Waals surface area (Å²) in [6.45, 7) is 2.05. The Balaban J connectivity index is 3.13. The molecule has 0 aromatic heterocycles. The Bertz CT molecular complexity index is 368. The molecule has 2 N–H and O–H groups in total. The van der Waals surface area contributed by atoms with E-state index in [0.717, 1.165) is 0 Å². The monoisotopic (exact) mass is 277 g/mol. The van der Waals surface area contributed by atoms with Gasteiger partial charge in [-0.2, -0.15) is 0 Å². The lowest BCUT2D eigenvalue weighted by Gasteiger charge is -2.06.